The Morgan fingerprint density at radius 1 is 1.41 bits per heavy atom. The van der Waals surface area contributed by atoms with Crippen molar-refractivity contribution in [3.05, 3.63) is 0 Å². The highest BCUT2D eigenvalue weighted by Crippen LogP contribution is 2.23. The Morgan fingerprint density at radius 3 is 2.94 bits per heavy atom. The Labute approximate surface area is 102 Å². The van der Waals surface area contributed by atoms with Gasteiger partial charge in [-0.25, -0.2) is 0 Å². The molecule has 0 bridgehead atoms. The minimum atomic E-state index is -0.371. The highest BCUT2D eigenvalue weighted by Gasteiger charge is 2.26. The molecular weight excluding hydrogens is 220 g/mol. The van der Waals surface area contributed by atoms with Crippen molar-refractivity contribution in [2.24, 2.45) is 5.92 Å². The molecule has 1 saturated carbocycles. The van der Waals surface area contributed by atoms with Crippen LogP contribution in [-0.2, 0) is 9.53 Å². The molecule has 1 amide bonds. The number of carbonyl (C=O) groups is 1. The monoisotopic (exact) mass is 242 g/mol. The SMILES string of the molecule is O=C(NC[C@@H]1CCCC[C@@H]1O)[C@H]1CNCCO1. The molecule has 0 spiro atoms. The molecule has 1 heterocycles. The quantitative estimate of drug-likeness (QED) is 0.632. The number of carbonyl (C=O) groups excluding carboxylic acids is 1. The largest absolute Gasteiger partial charge is 0.393 e. The van der Waals surface area contributed by atoms with Crippen molar-refractivity contribution in [2.45, 2.75) is 37.9 Å². The van der Waals surface area contributed by atoms with Gasteiger partial charge in [-0.2, -0.15) is 0 Å². The normalized spacial score (nSPS) is 34.3. The number of aliphatic hydroxyl groups is 1. The lowest BCUT2D eigenvalue weighted by Crippen LogP contribution is -2.49. The zero-order chi connectivity index (χ0) is 12.1. The molecule has 0 aromatic heterocycles. The van der Waals surface area contributed by atoms with E-state index in [1.807, 2.05) is 0 Å². The fourth-order valence-corrected chi connectivity index (χ4v) is 2.51. The first-order valence-electron chi connectivity index (χ1n) is 6.55. The summed E-state index contributed by atoms with van der Waals surface area (Å²) in [6, 6.07) is 0. The highest BCUT2D eigenvalue weighted by molar-refractivity contribution is 5.81. The maximum atomic E-state index is 11.8. The molecule has 2 aliphatic rings. The number of hydrogen-bond acceptors (Lipinski definition) is 4. The number of rotatable bonds is 3. The lowest BCUT2D eigenvalue weighted by Gasteiger charge is -2.29. The molecule has 0 aromatic carbocycles. The van der Waals surface area contributed by atoms with Gasteiger partial charge in [0.1, 0.15) is 6.10 Å². The summed E-state index contributed by atoms with van der Waals surface area (Å²) in [5, 5.41) is 15.8. The van der Waals surface area contributed by atoms with Crippen LogP contribution < -0.4 is 10.6 Å². The highest BCUT2D eigenvalue weighted by atomic mass is 16.5. The van der Waals surface area contributed by atoms with Crippen molar-refractivity contribution in [1.29, 1.82) is 0 Å². The summed E-state index contributed by atoms with van der Waals surface area (Å²) >= 11 is 0. The van der Waals surface area contributed by atoms with Crippen LogP contribution >= 0.6 is 0 Å². The van der Waals surface area contributed by atoms with E-state index in [2.05, 4.69) is 10.6 Å². The first kappa shape index (κ1) is 12.8. The average molecular weight is 242 g/mol. The van der Waals surface area contributed by atoms with Crippen molar-refractivity contribution in [1.82, 2.24) is 10.6 Å². The van der Waals surface area contributed by atoms with Gasteiger partial charge in [-0.15, -0.1) is 0 Å². The molecule has 17 heavy (non-hydrogen) atoms. The summed E-state index contributed by atoms with van der Waals surface area (Å²) in [5.41, 5.74) is 0. The van der Waals surface area contributed by atoms with Gasteiger partial charge < -0.3 is 20.5 Å². The van der Waals surface area contributed by atoms with Crippen LogP contribution in [0.15, 0.2) is 0 Å². The summed E-state index contributed by atoms with van der Waals surface area (Å²) in [6.45, 7) is 2.55. The van der Waals surface area contributed by atoms with E-state index < -0.39 is 0 Å². The average Bonchev–Trinajstić information content (AvgIpc) is 2.38. The Kier molecular flexibility index (Phi) is 4.76. The Hall–Kier alpha value is -0.650. The van der Waals surface area contributed by atoms with E-state index >= 15 is 0 Å². The van der Waals surface area contributed by atoms with E-state index in [1.54, 1.807) is 0 Å². The van der Waals surface area contributed by atoms with Crippen LogP contribution in [0.4, 0.5) is 0 Å². The molecule has 0 aromatic rings. The van der Waals surface area contributed by atoms with Gasteiger partial charge in [-0.3, -0.25) is 4.79 Å². The Bertz CT molecular complexity index is 254. The second-order valence-corrected chi connectivity index (χ2v) is 4.92. The first-order chi connectivity index (χ1) is 8.27. The smallest absolute Gasteiger partial charge is 0.250 e. The lowest BCUT2D eigenvalue weighted by atomic mass is 9.86. The molecule has 0 radical (unpaired) electrons. The lowest BCUT2D eigenvalue weighted by molar-refractivity contribution is -0.134. The predicted molar refractivity (Wildman–Crippen MR) is 63.6 cm³/mol. The maximum absolute atomic E-state index is 11.8. The minimum Gasteiger partial charge on any atom is -0.393 e. The third-order valence-electron chi connectivity index (χ3n) is 3.63. The van der Waals surface area contributed by atoms with E-state index in [9.17, 15) is 9.90 Å². The van der Waals surface area contributed by atoms with E-state index in [1.165, 1.54) is 0 Å². The van der Waals surface area contributed by atoms with Crippen molar-refractivity contribution >= 4 is 5.91 Å². The van der Waals surface area contributed by atoms with Crippen LogP contribution in [0.1, 0.15) is 25.7 Å². The van der Waals surface area contributed by atoms with Crippen molar-refractivity contribution in [2.75, 3.05) is 26.2 Å². The topological polar surface area (TPSA) is 70.6 Å². The van der Waals surface area contributed by atoms with Crippen molar-refractivity contribution in [3.63, 3.8) is 0 Å². The molecule has 2 fully saturated rings. The summed E-state index contributed by atoms with van der Waals surface area (Å²) in [4.78, 5) is 11.8. The van der Waals surface area contributed by atoms with Gasteiger partial charge in [0.15, 0.2) is 0 Å². The maximum Gasteiger partial charge on any atom is 0.250 e. The van der Waals surface area contributed by atoms with E-state index in [4.69, 9.17) is 4.74 Å². The Morgan fingerprint density at radius 2 is 2.24 bits per heavy atom. The van der Waals surface area contributed by atoms with Gasteiger partial charge in [-0.05, 0) is 12.8 Å². The van der Waals surface area contributed by atoms with Gasteiger partial charge in [-0.1, -0.05) is 12.8 Å². The number of nitrogens with one attached hydrogen (secondary N) is 2. The third kappa shape index (κ3) is 3.66. The number of aliphatic hydroxyl groups excluding tert-OH is 1. The summed E-state index contributed by atoms with van der Waals surface area (Å²) in [6.07, 6.45) is 3.49. The number of ether oxygens (including phenoxy) is 1. The number of morpholine rings is 1. The van der Waals surface area contributed by atoms with Gasteiger partial charge in [0.25, 0.3) is 0 Å². The molecule has 1 aliphatic heterocycles. The number of hydrogen-bond donors (Lipinski definition) is 3. The molecule has 3 atom stereocenters. The predicted octanol–water partition coefficient (Wildman–Crippen LogP) is -0.358. The molecule has 2 rings (SSSR count). The first-order valence-corrected chi connectivity index (χ1v) is 6.55. The summed E-state index contributed by atoms with van der Waals surface area (Å²) < 4.78 is 5.37. The third-order valence-corrected chi connectivity index (χ3v) is 3.63. The van der Waals surface area contributed by atoms with Crippen LogP contribution in [0, 0.1) is 5.92 Å². The molecule has 0 unspecified atom stereocenters. The fraction of sp³-hybridized carbons (Fsp3) is 0.917. The van der Waals surface area contributed by atoms with E-state index in [-0.39, 0.29) is 24.0 Å². The van der Waals surface area contributed by atoms with Crippen LogP contribution in [0.25, 0.3) is 0 Å². The molecular formula is C12H22N2O3. The van der Waals surface area contributed by atoms with Gasteiger partial charge in [0.05, 0.1) is 12.7 Å². The van der Waals surface area contributed by atoms with Gasteiger partial charge in [0.2, 0.25) is 5.91 Å². The molecule has 98 valence electrons. The Balaban J connectivity index is 1.71. The van der Waals surface area contributed by atoms with E-state index in [0.717, 1.165) is 32.2 Å². The minimum absolute atomic E-state index is 0.0602. The zero-order valence-electron chi connectivity index (χ0n) is 10.2. The van der Waals surface area contributed by atoms with Gasteiger partial charge >= 0.3 is 0 Å². The van der Waals surface area contributed by atoms with Crippen LogP contribution in [0.2, 0.25) is 0 Å². The molecule has 5 nitrogen and oxygen atoms in total. The second kappa shape index (κ2) is 6.33. The van der Waals surface area contributed by atoms with Crippen LogP contribution in [0.5, 0.6) is 0 Å². The summed E-state index contributed by atoms with van der Waals surface area (Å²) in [7, 11) is 0. The summed E-state index contributed by atoms with van der Waals surface area (Å²) in [5.74, 6) is 0.152. The second-order valence-electron chi connectivity index (χ2n) is 4.92. The van der Waals surface area contributed by atoms with E-state index in [0.29, 0.717) is 19.7 Å². The molecule has 5 heteroatoms. The molecule has 3 N–H and O–H groups in total. The zero-order valence-corrected chi connectivity index (χ0v) is 10.2. The standard InChI is InChI=1S/C12H22N2O3/c15-10-4-2-1-3-9(10)7-14-12(16)11-8-13-5-6-17-11/h9-11,13,15H,1-8H2,(H,14,16)/t9-,10-,11+/m0/s1. The van der Waals surface area contributed by atoms with Crippen molar-refractivity contribution < 1.29 is 14.6 Å². The van der Waals surface area contributed by atoms with Crippen molar-refractivity contribution in [3.8, 4) is 0 Å². The number of amides is 1. The fourth-order valence-electron chi connectivity index (χ4n) is 2.51. The van der Waals surface area contributed by atoms with Crippen LogP contribution in [0.3, 0.4) is 0 Å². The molecule has 1 aliphatic carbocycles. The molecule has 1 saturated heterocycles. The van der Waals surface area contributed by atoms with Crippen LogP contribution in [-0.4, -0.2) is 49.5 Å². The van der Waals surface area contributed by atoms with Gasteiger partial charge in [0, 0.05) is 25.6 Å².